The van der Waals surface area contributed by atoms with Gasteiger partial charge in [0.05, 0.1) is 5.69 Å². The predicted molar refractivity (Wildman–Crippen MR) is 92.5 cm³/mol. The fourth-order valence-corrected chi connectivity index (χ4v) is 2.10. The third-order valence-corrected chi connectivity index (χ3v) is 3.36. The molecular weight excluding hydrogens is 278 g/mol. The number of hydrogen-bond acceptors (Lipinski definition) is 3. The highest BCUT2D eigenvalue weighted by Gasteiger charge is 2.00. The van der Waals surface area contributed by atoms with Crippen LogP contribution >= 0.6 is 11.8 Å². The van der Waals surface area contributed by atoms with E-state index < -0.39 is 0 Å². The molecule has 0 unspecified atom stereocenters. The maximum absolute atomic E-state index is 5.85. The monoisotopic (exact) mass is 297 g/mol. The molecule has 2 rings (SSSR count). The van der Waals surface area contributed by atoms with Crippen LogP contribution < -0.4 is 4.74 Å². The van der Waals surface area contributed by atoms with Gasteiger partial charge in [0.2, 0.25) is 5.90 Å². The zero-order valence-electron chi connectivity index (χ0n) is 12.3. The van der Waals surface area contributed by atoms with Crippen LogP contribution in [0.1, 0.15) is 13.8 Å². The Hall–Kier alpha value is -2.00. The van der Waals surface area contributed by atoms with Crippen LogP contribution in [0.3, 0.4) is 0 Å². The van der Waals surface area contributed by atoms with Crippen LogP contribution in [0, 0.1) is 0 Å². The summed E-state index contributed by atoms with van der Waals surface area (Å²) in [4.78, 5) is 4.55. The Kier molecular flexibility index (Phi) is 6.10. The van der Waals surface area contributed by atoms with Crippen molar-refractivity contribution in [3.05, 3.63) is 72.1 Å². The van der Waals surface area contributed by atoms with Crippen molar-refractivity contribution in [2.45, 2.75) is 19.1 Å². The lowest BCUT2D eigenvalue weighted by Gasteiger charge is -2.06. The second-order valence-electron chi connectivity index (χ2n) is 4.69. The van der Waals surface area contributed by atoms with E-state index in [9.17, 15) is 0 Å². The average Bonchev–Trinajstić information content (AvgIpc) is 2.49. The third kappa shape index (κ3) is 5.88. The first-order valence-corrected chi connectivity index (χ1v) is 7.87. The van der Waals surface area contributed by atoms with E-state index >= 15 is 0 Å². The number of ether oxygens (including phenoxy) is 1. The average molecular weight is 297 g/mol. The molecule has 0 aromatic heterocycles. The largest absolute Gasteiger partial charge is 0.439 e. The Morgan fingerprint density at radius 1 is 1.00 bits per heavy atom. The summed E-state index contributed by atoms with van der Waals surface area (Å²) in [7, 11) is 0. The summed E-state index contributed by atoms with van der Waals surface area (Å²) in [6.07, 6.45) is 1.91. The number of benzene rings is 2. The van der Waals surface area contributed by atoms with Gasteiger partial charge in [-0.15, -0.1) is 11.8 Å². The molecule has 0 spiro atoms. The number of aliphatic imine (C=N–C) groups is 1. The lowest BCUT2D eigenvalue weighted by atomic mass is 10.3. The summed E-state index contributed by atoms with van der Waals surface area (Å²) < 4.78 is 5.85. The van der Waals surface area contributed by atoms with Crippen LogP contribution in [-0.2, 0) is 0 Å². The Balaban J connectivity index is 2.18. The van der Waals surface area contributed by atoms with E-state index in [1.54, 1.807) is 11.8 Å². The van der Waals surface area contributed by atoms with Crippen LogP contribution in [0.15, 0.2) is 77.1 Å². The standard InChI is InChI=1S/C18H19NOS/c1-15(2)21-14-13-18(19-16-9-5-3-6-10-16)20-17-11-7-4-8-12-17/h3-15H,1-2H3. The molecule has 0 aliphatic carbocycles. The molecule has 0 radical (unpaired) electrons. The SMILES string of the molecule is CC(C)SC=CC(=Nc1ccccc1)Oc1ccccc1. The van der Waals surface area contributed by atoms with E-state index in [2.05, 4.69) is 18.8 Å². The number of para-hydroxylation sites is 2. The highest BCUT2D eigenvalue weighted by Crippen LogP contribution is 2.16. The quantitative estimate of drug-likeness (QED) is 0.540. The molecule has 0 aliphatic heterocycles. The fraction of sp³-hybridized carbons (Fsp3) is 0.167. The van der Waals surface area contributed by atoms with Crippen LogP contribution in [0.5, 0.6) is 5.75 Å². The molecule has 0 fully saturated rings. The lowest BCUT2D eigenvalue weighted by molar-refractivity contribution is 0.556. The van der Waals surface area contributed by atoms with Gasteiger partial charge in [-0.3, -0.25) is 0 Å². The van der Waals surface area contributed by atoms with E-state index in [0.717, 1.165) is 11.4 Å². The van der Waals surface area contributed by atoms with Gasteiger partial charge >= 0.3 is 0 Å². The van der Waals surface area contributed by atoms with Gasteiger partial charge in [-0.25, -0.2) is 4.99 Å². The number of hydrogen-bond donors (Lipinski definition) is 0. The molecular formula is C18H19NOS. The van der Waals surface area contributed by atoms with Crippen molar-refractivity contribution in [2.24, 2.45) is 4.99 Å². The van der Waals surface area contributed by atoms with Crippen molar-refractivity contribution < 1.29 is 4.74 Å². The van der Waals surface area contributed by atoms with Gasteiger partial charge in [-0.2, -0.15) is 0 Å². The van der Waals surface area contributed by atoms with E-state index in [1.807, 2.05) is 72.1 Å². The molecule has 2 nitrogen and oxygen atoms in total. The maximum atomic E-state index is 5.85. The van der Waals surface area contributed by atoms with E-state index in [1.165, 1.54) is 0 Å². The molecule has 0 saturated carbocycles. The van der Waals surface area contributed by atoms with E-state index in [-0.39, 0.29) is 0 Å². The molecule has 0 saturated heterocycles. The highest BCUT2D eigenvalue weighted by atomic mass is 32.2. The Morgan fingerprint density at radius 2 is 1.62 bits per heavy atom. The summed E-state index contributed by atoms with van der Waals surface area (Å²) in [5.74, 6) is 1.37. The number of rotatable bonds is 5. The topological polar surface area (TPSA) is 21.6 Å². The highest BCUT2D eigenvalue weighted by molar-refractivity contribution is 8.02. The summed E-state index contributed by atoms with van der Waals surface area (Å²) in [5.41, 5.74) is 0.877. The minimum absolute atomic E-state index is 0.538. The molecule has 2 aromatic carbocycles. The van der Waals surface area contributed by atoms with Gasteiger partial charge in [-0.1, -0.05) is 50.2 Å². The molecule has 0 atom stereocenters. The summed E-state index contributed by atoms with van der Waals surface area (Å²) in [6, 6.07) is 19.5. The van der Waals surface area contributed by atoms with Crippen LogP contribution in [0.25, 0.3) is 0 Å². The van der Waals surface area contributed by atoms with Crippen LogP contribution in [0.2, 0.25) is 0 Å². The number of nitrogens with zero attached hydrogens (tertiary/aromatic N) is 1. The molecule has 0 N–H and O–H groups in total. The zero-order chi connectivity index (χ0) is 14.9. The molecule has 21 heavy (non-hydrogen) atoms. The number of thioether (sulfide) groups is 1. The van der Waals surface area contributed by atoms with Gasteiger partial charge in [-0.05, 0) is 29.7 Å². The van der Waals surface area contributed by atoms with Crippen molar-refractivity contribution in [2.75, 3.05) is 0 Å². The van der Waals surface area contributed by atoms with Crippen molar-refractivity contribution in [1.82, 2.24) is 0 Å². The molecule has 3 heteroatoms. The van der Waals surface area contributed by atoms with Crippen molar-refractivity contribution in [1.29, 1.82) is 0 Å². The normalized spacial score (nSPS) is 12.0. The second-order valence-corrected chi connectivity index (χ2v) is 6.18. The van der Waals surface area contributed by atoms with Gasteiger partial charge in [0.15, 0.2) is 0 Å². The Labute approximate surface area is 130 Å². The molecule has 108 valence electrons. The van der Waals surface area contributed by atoms with Gasteiger partial charge in [0, 0.05) is 11.3 Å². The third-order valence-electron chi connectivity index (χ3n) is 2.52. The summed E-state index contributed by atoms with van der Waals surface area (Å²) in [5, 5.41) is 2.56. The maximum Gasteiger partial charge on any atom is 0.220 e. The Morgan fingerprint density at radius 3 is 2.24 bits per heavy atom. The molecule has 0 aliphatic rings. The van der Waals surface area contributed by atoms with E-state index in [0.29, 0.717) is 11.1 Å². The predicted octanol–water partition coefficient (Wildman–Crippen LogP) is 5.45. The first-order valence-electron chi connectivity index (χ1n) is 6.92. The Bertz CT molecular complexity index is 591. The van der Waals surface area contributed by atoms with Gasteiger partial charge in [0.1, 0.15) is 5.75 Å². The van der Waals surface area contributed by atoms with Gasteiger partial charge < -0.3 is 4.74 Å². The van der Waals surface area contributed by atoms with E-state index in [4.69, 9.17) is 4.74 Å². The van der Waals surface area contributed by atoms with Crippen molar-refractivity contribution in [3.63, 3.8) is 0 Å². The lowest BCUT2D eigenvalue weighted by Crippen LogP contribution is -2.04. The zero-order valence-corrected chi connectivity index (χ0v) is 13.1. The second kappa shape index (κ2) is 8.32. The smallest absolute Gasteiger partial charge is 0.220 e. The van der Waals surface area contributed by atoms with Gasteiger partial charge in [0.25, 0.3) is 0 Å². The van der Waals surface area contributed by atoms with Crippen LogP contribution in [-0.4, -0.2) is 11.1 Å². The molecule has 0 amide bonds. The molecule has 2 aromatic rings. The minimum Gasteiger partial charge on any atom is -0.439 e. The van der Waals surface area contributed by atoms with Crippen molar-refractivity contribution in [3.8, 4) is 5.75 Å². The van der Waals surface area contributed by atoms with Crippen molar-refractivity contribution >= 4 is 23.3 Å². The first-order chi connectivity index (χ1) is 10.2. The molecule has 0 bridgehead atoms. The fourth-order valence-electron chi connectivity index (χ4n) is 1.59. The summed E-state index contributed by atoms with van der Waals surface area (Å²) in [6.45, 7) is 4.31. The summed E-state index contributed by atoms with van der Waals surface area (Å²) >= 11 is 1.74. The van der Waals surface area contributed by atoms with Crippen LogP contribution in [0.4, 0.5) is 5.69 Å². The molecule has 0 heterocycles. The first kappa shape index (κ1) is 15.4. The minimum atomic E-state index is 0.538.